The van der Waals surface area contributed by atoms with Crippen molar-refractivity contribution < 1.29 is 9.90 Å². The lowest BCUT2D eigenvalue weighted by Gasteiger charge is -2.17. The summed E-state index contributed by atoms with van der Waals surface area (Å²) in [6.07, 6.45) is 4.64. The van der Waals surface area contributed by atoms with Gasteiger partial charge in [0, 0.05) is 16.8 Å². The molecule has 0 radical (unpaired) electrons. The third-order valence-corrected chi connectivity index (χ3v) is 5.23. The molecule has 7 nitrogen and oxygen atoms in total. The fourth-order valence-corrected chi connectivity index (χ4v) is 3.55. The van der Waals surface area contributed by atoms with E-state index in [0.29, 0.717) is 34.8 Å². The van der Waals surface area contributed by atoms with Gasteiger partial charge in [-0.05, 0) is 49.6 Å². The smallest absolute Gasteiger partial charge is 0.284 e. The van der Waals surface area contributed by atoms with Crippen LogP contribution in [0.4, 0.5) is 0 Å². The number of amides is 1. The average molecular weight is 411 g/mol. The van der Waals surface area contributed by atoms with Crippen LogP contribution in [0.2, 0.25) is 5.02 Å². The molecular weight excluding hydrogens is 392 g/mol. The largest absolute Gasteiger partial charge is 0.391 e. The number of halogens is 1. The molecule has 2 atom stereocenters. The number of aliphatic hydroxyl groups is 1. The number of nitrogens with zero attached hydrogens (tertiary/aromatic N) is 3. The highest BCUT2D eigenvalue weighted by Crippen LogP contribution is 2.22. The first-order valence-electron chi connectivity index (χ1n) is 9.32. The summed E-state index contributed by atoms with van der Waals surface area (Å²) in [7, 11) is 0. The predicted molar refractivity (Wildman–Crippen MR) is 109 cm³/mol. The maximum atomic E-state index is 13.0. The van der Waals surface area contributed by atoms with Gasteiger partial charge in [0.25, 0.3) is 11.5 Å². The molecule has 1 aliphatic rings. The fourth-order valence-electron chi connectivity index (χ4n) is 3.43. The molecule has 1 saturated carbocycles. The van der Waals surface area contributed by atoms with Crippen LogP contribution in [0.1, 0.15) is 29.6 Å². The zero-order chi connectivity index (χ0) is 20.4. The molecule has 0 aliphatic heterocycles. The van der Waals surface area contributed by atoms with E-state index in [1.165, 1.54) is 12.3 Å². The second-order valence-electron chi connectivity index (χ2n) is 6.96. The number of hydrogen-bond donors (Lipinski definition) is 2. The molecule has 0 spiro atoms. The molecule has 8 heteroatoms. The lowest BCUT2D eigenvalue weighted by molar-refractivity contribution is 0.0871. The van der Waals surface area contributed by atoms with Crippen molar-refractivity contribution in [2.75, 3.05) is 0 Å². The number of carbonyl (C=O) groups is 1. The minimum Gasteiger partial charge on any atom is -0.391 e. The number of aliphatic hydroxyl groups excluding tert-OH is 1. The Hall–Kier alpha value is -3.03. The van der Waals surface area contributed by atoms with Gasteiger partial charge in [-0.1, -0.05) is 23.7 Å². The Morgan fingerprint density at radius 1 is 1.21 bits per heavy atom. The predicted octanol–water partition coefficient (Wildman–Crippen LogP) is 2.59. The quantitative estimate of drug-likeness (QED) is 0.689. The summed E-state index contributed by atoms with van der Waals surface area (Å²) < 4.78 is 1.16. The van der Waals surface area contributed by atoms with Gasteiger partial charge in [0.1, 0.15) is 5.56 Å². The van der Waals surface area contributed by atoms with Gasteiger partial charge in [-0.3, -0.25) is 14.6 Å². The van der Waals surface area contributed by atoms with E-state index < -0.39 is 17.6 Å². The normalized spacial score (nSPS) is 18.6. The lowest BCUT2D eigenvalue weighted by atomic mass is 10.1. The highest BCUT2D eigenvalue weighted by atomic mass is 35.5. The standard InChI is InChI=1S/C21H19ClN4O3/c22-14-8-6-13(7-9-14)18-11-16(20(28)24-17-4-1-5-19(17)27)21(29)26(25-18)15-3-2-10-23-12-15/h2-3,6-12,17,19,27H,1,4-5H2,(H,24,28). The second kappa shape index (κ2) is 8.14. The lowest BCUT2D eigenvalue weighted by Crippen LogP contribution is -2.42. The fraction of sp³-hybridized carbons (Fsp3) is 0.238. The molecule has 2 unspecified atom stereocenters. The monoisotopic (exact) mass is 410 g/mol. The Bertz CT molecular complexity index is 1080. The molecule has 2 N–H and O–H groups in total. The van der Waals surface area contributed by atoms with Gasteiger partial charge in [0.05, 0.1) is 29.7 Å². The van der Waals surface area contributed by atoms with Crippen molar-refractivity contribution in [1.82, 2.24) is 20.1 Å². The molecule has 2 aromatic heterocycles. The number of hydrogen-bond acceptors (Lipinski definition) is 5. The first-order valence-corrected chi connectivity index (χ1v) is 9.70. The summed E-state index contributed by atoms with van der Waals surface area (Å²) in [5, 5.41) is 17.8. The second-order valence-corrected chi connectivity index (χ2v) is 7.39. The first kappa shape index (κ1) is 19.3. The van der Waals surface area contributed by atoms with Crippen LogP contribution >= 0.6 is 11.6 Å². The van der Waals surface area contributed by atoms with Crippen molar-refractivity contribution in [2.24, 2.45) is 0 Å². The number of rotatable bonds is 4. The number of benzene rings is 1. The van der Waals surface area contributed by atoms with Crippen LogP contribution in [-0.4, -0.2) is 37.9 Å². The van der Waals surface area contributed by atoms with Gasteiger partial charge in [-0.2, -0.15) is 9.78 Å². The molecule has 29 heavy (non-hydrogen) atoms. The number of carbonyl (C=O) groups excluding carboxylic acids is 1. The molecule has 1 fully saturated rings. The van der Waals surface area contributed by atoms with E-state index in [1.807, 2.05) is 0 Å². The van der Waals surface area contributed by atoms with Crippen LogP contribution in [0.5, 0.6) is 0 Å². The van der Waals surface area contributed by atoms with Crippen molar-refractivity contribution in [2.45, 2.75) is 31.4 Å². The Labute approximate surface area is 172 Å². The Kier molecular flexibility index (Phi) is 5.42. The van der Waals surface area contributed by atoms with Crippen LogP contribution in [0.25, 0.3) is 16.9 Å². The van der Waals surface area contributed by atoms with Crippen LogP contribution in [0, 0.1) is 0 Å². The summed E-state index contributed by atoms with van der Waals surface area (Å²) in [4.78, 5) is 30.0. The van der Waals surface area contributed by atoms with E-state index in [4.69, 9.17) is 11.6 Å². The van der Waals surface area contributed by atoms with Crippen LogP contribution in [0.3, 0.4) is 0 Å². The summed E-state index contributed by atoms with van der Waals surface area (Å²) in [5.74, 6) is -0.531. The molecule has 4 rings (SSSR count). The van der Waals surface area contributed by atoms with E-state index in [2.05, 4.69) is 15.4 Å². The van der Waals surface area contributed by atoms with Gasteiger partial charge in [0.15, 0.2) is 0 Å². The molecular formula is C21H19ClN4O3. The zero-order valence-corrected chi connectivity index (χ0v) is 16.2. The summed E-state index contributed by atoms with van der Waals surface area (Å²) in [6.45, 7) is 0. The molecule has 3 aromatic rings. The molecule has 148 valence electrons. The zero-order valence-electron chi connectivity index (χ0n) is 15.5. The van der Waals surface area contributed by atoms with Crippen LogP contribution in [-0.2, 0) is 0 Å². The molecule has 0 saturated heterocycles. The topological polar surface area (TPSA) is 97.1 Å². The third kappa shape index (κ3) is 4.06. The van der Waals surface area contributed by atoms with Crippen molar-refractivity contribution >= 4 is 17.5 Å². The van der Waals surface area contributed by atoms with Crippen LogP contribution in [0.15, 0.2) is 59.7 Å². The highest BCUT2D eigenvalue weighted by molar-refractivity contribution is 6.30. The van der Waals surface area contributed by atoms with Crippen molar-refractivity contribution in [1.29, 1.82) is 0 Å². The Morgan fingerprint density at radius 3 is 2.66 bits per heavy atom. The SMILES string of the molecule is O=C(NC1CCCC1O)c1cc(-c2ccc(Cl)cc2)nn(-c2cccnc2)c1=O. The minimum atomic E-state index is -0.600. The maximum Gasteiger partial charge on any atom is 0.284 e. The maximum absolute atomic E-state index is 13.0. The van der Waals surface area contributed by atoms with Crippen molar-refractivity contribution in [3.63, 3.8) is 0 Å². The molecule has 0 bridgehead atoms. The molecule has 1 aromatic carbocycles. The van der Waals surface area contributed by atoms with E-state index in [1.54, 1.807) is 42.6 Å². The molecule has 1 aliphatic carbocycles. The Balaban J connectivity index is 1.81. The van der Waals surface area contributed by atoms with Gasteiger partial charge in [-0.15, -0.1) is 0 Å². The molecule has 1 amide bonds. The van der Waals surface area contributed by atoms with Gasteiger partial charge in [-0.25, -0.2) is 0 Å². The van der Waals surface area contributed by atoms with E-state index in [9.17, 15) is 14.7 Å². The molecule has 2 heterocycles. The van der Waals surface area contributed by atoms with Gasteiger partial charge < -0.3 is 10.4 Å². The van der Waals surface area contributed by atoms with Crippen molar-refractivity contribution in [3.8, 4) is 16.9 Å². The highest BCUT2D eigenvalue weighted by Gasteiger charge is 2.28. The number of pyridine rings is 1. The minimum absolute atomic E-state index is 0.0482. The van der Waals surface area contributed by atoms with E-state index in [0.717, 1.165) is 11.1 Å². The van der Waals surface area contributed by atoms with E-state index >= 15 is 0 Å². The van der Waals surface area contributed by atoms with Crippen molar-refractivity contribution in [3.05, 3.63) is 75.8 Å². The van der Waals surface area contributed by atoms with Crippen LogP contribution < -0.4 is 10.9 Å². The average Bonchev–Trinajstić information content (AvgIpc) is 3.14. The summed E-state index contributed by atoms with van der Waals surface area (Å²) >= 11 is 5.97. The van der Waals surface area contributed by atoms with Gasteiger partial charge in [0.2, 0.25) is 0 Å². The number of aromatic nitrogens is 3. The third-order valence-electron chi connectivity index (χ3n) is 4.98. The van der Waals surface area contributed by atoms with Gasteiger partial charge >= 0.3 is 0 Å². The Morgan fingerprint density at radius 2 is 2.00 bits per heavy atom. The van der Waals surface area contributed by atoms with E-state index in [-0.39, 0.29) is 11.6 Å². The number of nitrogens with one attached hydrogen (secondary N) is 1. The summed E-state index contributed by atoms with van der Waals surface area (Å²) in [5.41, 5.74) is 1.00. The summed E-state index contributed by atoms with van der Waals surface area (Å²) in [6, 6.07) is 11.5. The first-order chi connectivity index (χ1) is 14.0.